The largest absolute Gasteiger partial charge is 0.309 e. The van der Waals surface area contributed by atoms with Gasteiger partial charge in [-0.1, -0.05) is 199 Å². The molecule has 0 spiro atoms. The molecule has 0 aliphatic rings. The summed E-state index contributed by atoms with van der Waals surface area (Å²) < 4.78 is 2.26. The molecule has 15 heteroatoms. The number of benzene rings is 8. The van der Waals surface area contributed by atoms with E-state index in [1.54, 1.807) is 43.4 Å². The topological polar surface area (TPSA) is 196 Å². The highest BCUT2D eigenvalue weighted by atomic mass is 15.0. The Hall–Kier alpha value is -14.9. The number of para-hydroxylation sites is 1. The summed E-state index contributed by atoms with van der Waals surface area (Å²) in [5.41, 5.74) is 24.5. The molecule has 0 aliphatic heterocycles. The molecule has 0 unspecified atom stereocenters. The van der Waals surface area contributed by atoms with Gasteiger partial charge in [-0.2, -0.15) is 5.26 Å². The van der Waals surface area contributed by atoms with E-state index in [2.05, 4.69) is 186 Å². The van der Waals surface area contributed by atoms with Crippen LogP contribution in [0.3, 0.4) is 0 Å². The van der Waals surface area contributed by atoms with Gasteiger partial charge in [0.25, 0.3) is 0 Å². The molecule has 10 aromatic heterocycles. The molecule has 10 heterocycles. The molecule has 536 valence electrons. The predicted molar refractivity (Wildman–Crippen MR) is 446 cm³/mol. The summed E-state index contributed by atoms with van der Waals surface area (Å²) in [5, 5.41) is 11.5. The van der Waals surface area contributed by atoms with Crippen LogP contribution < -0.4 is 0 Å². The lowest BCUT2D eigenvalue weighted by Crippen LogP contribution is -1.96. The molecule has 0 amide bonds. The van der Waals surface area contributed by atoms with Crippen molar-refractivity contribution < 1.29 is 0 Å². The molecule has 0 N–H and O–H groups in total. The lowest BCUT2D eigenvalue weighted by atomic mass is 10.1. The highest BCUT2D eigenvalue weighted by molar-refractivity contribution is 6.10. The van der Waals surface area contributed by atoms with E-state index in [9.17, 15) is 5.26 Å². The van der Waals surface area contributed by atoms with Crippen molar-refractivity contribution >= 4 is 21.8 Å². The Kier molecular flexibility index (Phi) is 24.7. The Morgan fingerprint density at radius 1 is 0.261 bits per heavy atom. The first kappa shape index (κ1) is 74.4. The van der Waals surface area contributed by atoms with Crippen LogP contribution >= 0.6 is 0 Å². The van der Waals surface area contributed by atoms with Gasteiger partial charge < -0.3 is 4.57 Å². The molecule has 0 atom stereocenters. The van der Waals surface area contributed by atoms with Crippen LogP contribution in [0.15, 0.2) is 359 Å². The van der Waals surface area contributed by atoms with E-state index in [4.69, 9.17) is 0 Å². The van der Waals surface area contributed by atoms with E-state index in [-0.39, 0.29) is 0 Å². The van der Waals surface area contributed by atoms with Gasteiger partial charge in [-0.3, -0.25) is 24.9 Å². The number of rotatable bonds is 10. The van der Waals surface area contributed by atoms with Crippen LogP contribution in [-0.4, -0.2) is 69.4 Å². The van der Waals surface area contributed by atoms with E-state index in [1.165, 1.54) is 33.2 Å². The summed E-state index contributed by atoms with van der Waals surface area (Å²) in [4.78, 5) is 56.8. The molecule has 8 aromatic carbocycles. The Labute approximate surface area is 646 Å². The Morgan fingerprint density at radius 3 is 1.13 bits per heavy atom. The third-order valence-corrected chi connectivity index (χ3v) is 17.5. The van der Waals surface area contributed by atoms with Gasteiger partial charge in [0.1, 0.15) is 17.5 Å². The quantitative estimate of drug-likeness (QED) is 0.125. The molecule has 18 aromatic rings. The van der Waals surface area contributed by atoms with Crippen molar-refractivity contribution in [3.05, 3.63) is 399 Å². The van der Waals surface area contributed by atoms with Crippen molar-refractivity contribution in [3.8, 4) is 113 Å². The van der Waals surface area contributed by atoms with Crippen molar-refractivity contribution in [1.82, 2.24) is 69.4 Å². The number of pyridine rings is 5. The summed E-state index contributed by atoms with van der Waals surface area (Å²) in [5.74, 6) is 3.03. The van der Waals surface area contributed by atoms with Crippen LogP contribution in [0.1, 0.15) is 39.9 Å². The van der Waals surface area contributed by atoms with E-state index >= 15 is 0 Å². The molecular weight excluding hydrogens is 1360 g/mol. The molecule has 111 heavy (non-hydrogen) atoms. The molecular formula is C96H77N15. The molecule has 0 aliphatic carbocycles. The summed E-state index contributed by atoms with van der Waals surface area (Å²) in [6.45, 7) is 11.9. The SMILES string of the molecule is Cc1cc(-c2ccccc2)nc(-c2ccccc2)n1.Cc1ccc2c(c1)c1cc(C#N)ccc1n2-c1ccccc1.Cc1cccc(-c2cccnc2)c1.Cc1nc(-c2ccccc2)cc(-c2ccccc2)n1.Cc1nc(-c2ccccn2)cc(-c2ccccn2)n1.Cc1nc(-c2ccncc2)cc(-c2ccncc2)n1. The first-order chi connectivity index (χ1) is 54.4. The summed E-state index contributed by atoms with van der Waals surface area (Å²) >= 11 is 0. The predicted octanol–water partition coefficient (Wildman–Crippen LogP) is 22.1. The standard InChI is InChI=1S/C20H14N2.2C17H14N2.2C15H12N4.C12H11N/c1-14-7-9-19-17(11-14)18-12-15(13-21)8-10-20(18)22(19)16-5-3-2-4-6-16;1-13-18-16(14-8-4-2-5-9-14)12-17(19-13)15-10-6-3-7-11-15;1-13-12-16(14-8-4-2-5-9-14)19-17(18-13)15-10-6-3-7-11-15;1-11-18-14(12-2-6-16-7-3-12)10-15(19-11)13-4-8-17-9-5-13;1-11-18-14(12-6-2-4-8-16-12)10-15(19-11)13-7-3-5-9-17-13;1-10-4-2-5-11(8-10)12-6-3-7-13-9-12/h2-12H,1H3;2*2-12H,1H3;2*2-10H,1H3;2-9H,1H3. The highest BCUT2D eigenvalue weighted by Crippen LogP contribution is 2.34. The van der Waals surface area contributed by atoms with E-state index in [0.29, 0.717) is 11.4 Å². The van der Waals surface area contributed by atoms with Crippen LogP contribution in [0.4, 0.5) is 0 Å². The second-order valence-corrected chi connectivity index (χ2v) is 25.8. The third kappa shape index (κ3) is 20.0. The fourth-order valence-electron chi connectivity index (χ4n) is 12.3. The maximum atomic E-state index is 9.19. The number of nitriles is 1. The number of fused-ring (bicyclic) bond motifs is 3. The number of hydrogen-bond acceptors (Lipinski definition) is 14. The lowest BCUT2D eigenvalue weighted by Gasteiger charge is -2.07. The normalized spacial score (nSPS) is 10.4. The first-order valence-corrected chi connectivity index (χ1v) is 36.2. The minimum Gasteiger partial charge on any atom is -0.309 e. The molecule has 0 bridgehead atoms. The zero-order valence-corrected chi connectivity index (χ0v) is 62.3. The second-order valence-electron chi connectivity index (χ2n) is 25.8. The average Bonchev–Trinajstić information content (AvgIpc) is 1.59. The minimum atomic E-state index is 0.695. The monoisotopic (exact) mass is 1440 g/mol. The van der Waals surface area contributed by atoms with E-state index in [0.717, 1.165) is 124 Å². The van der Waals surface area contributed by atoms with Crippen molar-refractivity contribution in [2.75, 3.05) is 0 Å². The highest BCUT2D eigenvalue weighted by Gasteiger charge is 2.15. The van der Waals surface area contributed by atoms with Crippen LogP contribution in [-0.2, 0) is 0 Å². The fourth-order valence-corrected chi connectivity index (χ4v) is 12.3. The summed E-state index contributed by atoms with van der Waals surface area (Å²) in [7, 11) is 0. The van der Waals surface area contributed by atoms with Crippen LogP contribution in [0, 0.1) is 52.9 Å². The zero-order chi connectivity index (χ0) is 76.5. The summed E-state index contributed by atoms with van der Waals surface area (Å²) in [6.07, 6.45) is 14.2. The number of aromatic nitrogens is 14. The van der Waals surface area contributed by atoms with Crippen molar-refractivity contribution in [1.29, 1.82) is 5.26 Å². The van der Waals surface area contributed by atoms with Crippen LogP contribution in [0.25, 0.3) is 129 Å². The van der Waals surface area contributed by atoms with Gasteiger partial charge in [0.15, 0.2) is 5.82 Å². The maximum absolute atomic E-state index is 9.19. The average molecular weight is 1440 g/mol. The van der Waals surface area contributed by atoms with Gasteiger partial charge in [-0.05, 0) is 174 Å². The zero-order valence-electron chi connectivity index (χ0n) is 62.3. The Balaban J connectivity index is 0.000000117. The van der Waals surface area contributed by atoms with Crippen LogP contribution in [0.2, 0.25) is 0 Å². The van der Waals surface area contributed by atoms with E-state index in [1.807, 2.05) is 246 Å². The molecule has 0 radical (unpaired) electrons. The molecule has 0 saturated carbocycles. The third-order valence-electron chi connectivity index (χ3n) is 17.5. The number of hydrogen-bond donors (Lipinski definition) is 0. The van der Waals surface area contributed by atoms with Gasteiger partial charge >= 0.3 is 0 Å². The fraction of sp³-hybridized carbons (Fsp3) is 0.0625. The molecule has 0 saturated heterocycles. The van der Waals surface area contributed by atoms with Crippen LogP contribution in [0.5, 0.6) is 0 Å². The van der Waals surface area contributed by atoms with Gasteiger partial charge in [0, 0.05) is 105 Å². The lowest BCUT2D eigenvalue weighted by molar-refractivity contribution is 1.05. The molecule has 0 fully saturated rings. The molecule has 15 nitrogen and oxygen atoms in total. The molecule has 18 rings (SSSR count). The second kappa shape index (κ2) is 36.9. The minimum absolute atomic E-state index is 0.695. The van der Waals surface area contributed by atoms with Gasteiger partial charge in [-0.15, -0.1) is 0 Å². The maximum Gasteiger partial charge on any atom is 0.160 e. The Morgan fingerprint density at radius 2 is 0.667 bits per heavy atom. The van der Waals surface area contributed by atoms with Crippen molar-refractivity contribution in [2.45, 2.75) is 41.5 Å². The van der Waals surface area contributed by atoms with Gasteiger partial charge in [0.2, 0.25) is 0 Å². The van der Waals surface area contributed by atoms with Gasteiger partial charge in [-0.25, -0.2) is 39.9 Å². The van der Waals surface area contributed by atoms with Crippen molar-refractivity contribution in [3.63, 3.8) is 0 Å². The Bertz CT molecular complexity index is 5330. The van der Waals surface area contributed by atoms with Gasteiger partial charge in [0.05, 0.1) is 73.9 Å². The number of nitrogens with zero attached hydrogens (tertiary/aromatic N) is 15. The van der Waals surface area contributed by atoms with E-state index < -0.39 is 0 Å². The number of aryl methyl sites for hydroxylation is 6. The smallest absolute Gasteiger partial charge is 0.160 e. The summed E-state index contributed by atoms with van der Waals surface area (Å²) in [6, 6.07) is 105. The van der Waals surface area contributed by atoms with Crippen molar-refractivity contribution in [2.24, 2.45) is 0 Å². The first-order valence-electron chi connectivity index (χ1n) is 36.2.